The Morgan fingerprint density at radius 3 is 2.33 bits per heavy atom. The van der Waals surface area contributed by atoms with E-state index in [1.807, 2.05) is 0 Å². The highest BCUT2D eigenvalue weighted by atomic mass is 35.5. The van der Waals surface area contributed by atoms with E-state index in [4.69, 9.17) is 21.1 Å². The molecule has 4 fully saturated rings. The molecular formula is C30H41ClN2O6. The fraction of sp³-hybridized carbons (Fsp3) is 0.700. The van der Waals surface area contributed by atoms with Crippen LogP contribution < -0.4 is 20.1 Å². The van der Waals surface area contributed by atoms with Gasteiger partial charge in [0.05, 0.1) is 35.1 Å². The summed E-state index contributed by atoms with van der Waals surface area (Å²) in [7, 11) is 1.49. The third-order valence-electron chi connectivity index (χ3n) is 10.1. The normalized spacial score (nSPS) is 32.7. The number of nitrogens with one attached hydrogen (secondary N) is 2. The Hall–Kier alpha value is -2.48. The Kier molecular flexibility index (Phi) is 7.79. The first-order chi connectivity index (χ1) is 18.5. The molecule has 2 amide bonds. The van der Waals surface area contributed by atoms with Gasteiger partial charge in [0.25, 0.3) is 5.91 Å². The number of fused-ring (bicyclic) bond motifs is 2. The van der Waals surface area contributed by atoms with E-state index < -0.39 is 11.4 Å². The maximum atomic E-state index is 13.6. The van der Waals surface area contributed by atoms with Gasteiger partial charge in [0.15, 0.2) is 0 Å². The summed E-state index contributed by atoms with van der Waals surface area (Å²) < 4.78 is 11.7. The van der Waals surface area contributed by atoms with Crippen molar-refractivity contribution in [1.82, 2.24) is 10.6 Å². The van der Waals surface area contributed by atoms with Gasteiger partial charge in [0.1, 0.15) is 11.5 Å². The average molecular weight is 561 g/mol. The van der Waals surface area contributed by atoms with Gasteiger partial charge >= 0.3 is 5.97 Å². The second kappa shape index (κ2) is 10.8. The smallest absolute Gasteiger partial charge is 0.309 e. The van der Waals surface area contributed by atoms with Crippen molar-refractivity contribution in [3.8, 4) is 11.5 Å². The zero-order valence-corrected chi connectivity index (χ0v) is 23.9. The molecule has 0 aromatic heterocycles. The number of amides is 2. The van der Waals surface area contributed by atoms with Crippen molar-refractivity contribution in [2.24, 2.45) is 28.6 Å². The fourth-order valence-corrected chi connectivity index (χ4v) is 7.39. The minimum absolute atomic E-state index is 0.0541. The molecule has 0 aliphatic heterocycles. The molecule has 0 heterocycles. The number of ether oxygens (including phenoxy) is 2. The number of hydrogen-bond acceptors (Lipinski definition) is 5. The number of carboxylic acid groups (broad SMARTS) is 1. The zero-order chi connectivity index (χ0) is 27.9. The van der Waals surface area contributed by atoms with Crippen LogP contribution in [0.1, 0.15) is 88.4 Å². The second-order valence-electron chi connectivity index (χ2n) is 12.9. The molecule has 1 aromatic rings. The molecule has 8 nitrogen and oxygen atoms in total. The van der Waals surface area contributed by atoms with Crippen molar-refractivity contribution in [3.63, 3.8) is 0 Å². The van der Waals surface area contributed by atoms with E-state index in [1.54, 1.807) is 19.1 Å². The molecule has 39 heavy (non-hydrogen) atoms. The van der Waals surface area contributed by atoms with E-state index in [0.29, 0.717) is 60.2 Å². The number of halogens is 1. The number of aliphatic carboxylic acids is 1. The topological polar surface area (TPSA) is 114 Å². The van der Waals surface area contributed by atoms with Crippen LogP contribution in [0, 0.1) is 28.6 Å². The molecule has 4 atom stereocenters. The molecule has 5 rings (SSSR count). The molecule has 1 aromatic carbocycles. The quantitative estimate of drug-likeness (QED) is 0.382. The summed E-state index contributed by atoms with van der Waals surface area (Å²) in [5.74, 6) is 0.0344. The number of benzene rings is 1. The summed E-state index contributed by atoms with van der Waals surface area (Å²) in [6.07, 6.45) is 8.53. The number of methoxy groups -OCH3 is 1. The van der Waals surface area contributed by atoms with Crippen molar-refractivity contribution in [3.05, 3.63) is 22.7 Å². The first-order valence-corrected chi connectivity index (χ1v) is 14.8. The molecule has 9 heteroatoms. The molecule has 3 N–H and O–H groups in total. The van der Waals surface area contributed by atoms with Crippen molar-refractivity contribution in [1.29, 1.82) is 0 Å². The fourth-order valence-electron chi connectivity index (χ4n) is 7.19. The van der Waals surface area contributed by atoms with Crippen LogP contribution in [0.25, 0.3) is 0 Å². The molecule has 4 saturated carbocycles. The monoisotopic (exact) mass is 560 g/mol. The molecule has 214 valence electrons. The van der Waals surface area contributed by atoms with Crippen LogP contribution in [0.5, 0.6) is 11.5 Å². The van der Waals surface area contributed by atoms with E-state index in [2.05, 4.69) is 17.6 Å². The van der Waals surface area contributed by atoms with Crippen LogP contribution in [-0.2, 0) is 9.59 Å². The third-order valence-corrected chi connectivity index (χ3v) is 10.4. The van der Waals surface area contributed by atoms with Gasteiger partial charge < -0.3 is 25.2 Å². The van der Waals surface area contributed by atoms with E-state index in [9.17, 15) is 19.5 Å². The summed E-state index contributed by atoms with van der Waals surface area (Å²) in [5, 5.41) is 16.2. The van der Waals surface area contributed by atoms with E-state index >= 15 is 0 Å². The number of hydrogen-bond donors (Lipinski definition) is 3. The van der Waals surface area contributed by atoms with Crippen LogP contribution in [-0.4, -0.2) is 48.7 Å². The van der Waals surface area contributed by atoms with E-state index in [1.165, 1.54) is 13.5 Å². The van der Waals surface area contributed by atoms with E-state index in [0.717, 1.165) is 32.1 Å². The van der Waals surface area contributed by atoms with Crippen LogP contribution in [0.4, 0.5) is 0 Å². The van der Waals surface area contributed by atoms with Crippen LogP contribution >= 0.6 is 11.6 Å². The molecule has 4 aliphatic carbocycles. The molecule has 4 aliphatic rings. The Morgan fingerprint density at radius 2 is 1.72 bits per heavy atom. The first-order valence-electron chi connectivity index (χ1n) is 14.4. The molecular weight excluding hydrogens is 520 g/mol. The third kappa shape index (κ3) is 5.59. The summed E-state index contributed by atoms with van der Waals surface area (Å²) in [4.78, 5) is 38.5. The van der Waals surface area contributed by atoms with Crippen molar-refractivity contribution < 1.29 is 29.0 Å². The van der Waals surface area contributed by atoms with Crippen molar-refractivity contribution in [2.45, 2.75) is 90.2 Å². The minimum Gasteiger partial charge on any atom is -0.496 e. The zero-order valence-electron chi connectivity index (χ0n) is 23.2. The lowest BCUT2D eigenvalue weighted by atomic mass is 9.70. The number of rotatable bonds is 9. The van der Waals surface area contributed by atoms with Gasteiger partial charge in [-0.15, -0.1) is 0 Å². The van der Waals surface area contributed by atoms with Gasteiger partial charge in [0.2, 0.25) is 5.91 Å². The number of carbonyl (C=O) groups excluding carboxylic acids is 2. The lowest BCUT2D eigenvalue weighted by Crippen LogP contribution is -2.51. The highest BCUT2D eigenvalue weighted by Crippen LogP contribution is 2.49. The summed E-state index contributed by atoms with van der Waals surface area (Å²) in [6, 6.07) is 2.98. The standard InChI is InChI=1S/C30H41ClN2O6/c1-29(9-4-10-29)16-32-27(35)24-17-5-6-18(13-17)25(24)33-26(34)20-14-23(21(31)15-22(20)38-3)39-19-7-11-30(2,12-8-19)28(36)37/h14-15,17-19,24-25H,4-13,16H2,1-3H3,(H,32,35)(H,33,34)(H,36,37)/t17-,18+,19?,24-,25+,30?/m0/s1. The maximum absolute atomic E-state index is 13.6. The van der Waals surface area contributed by atoms with Crippen LogP contribution in [0.15, 0.2) is 12.1 Å². The Morgan fingerprint density at radius 1 is 1.03 bits per heavy atom. The Bertz CT molecular complexity index is 1130. The summed E-state index contributed by atoms with van der Waals surface area (Å²) in [5.41, 5.74) is -0.232. The highest BCUT2D eigenvalue weighted by Gasteiger charge is 2.51. The van der Waals surface area contributed by atoms with Gasteiger partial charge in [0, 0.05) is 18.7 Å². The predicted octanol–water partition coefficient (Wildman–Crippen LogP) is 5.21. The number of carbonyl (C=O) groups is 3. The Labute approximate surface area is 235 Å². The lowest BCUT2D eigenvalue weighted by Gasteiger charge is -2.39. The Balaban J connectivity index is 1.28. The molecule has 0 saturated heterocycles. The predicted molar refractivity (Wildman–Crippen MR) is 147 cm³/mol. The highest BCUT2D eigenvalue weighted by molar-refractivity contribution is 6.32. The molecule has 0 radical (unpaired) electrons. The van der Waals surface area contributed by atoms with Gasteiger partial charge in [-0.05, 0) is 88.0 Å². The molecule has 0 unspecified atom stereocenters. The maximum Gasteiger partial charge on any atom is 0.309 e. The second-order valence-corrected chi connectivity index (χ2v) is 13.3. The van der Waals surface area contributed by atoms with Crippen LogP contribution in [0.2, 0.25) is 5.02 Å². The van der Waals surface area contributed by atoms with Gasteiger partial charge in [-0.3, -0.25) is 14.4 Å². The lowest BCUT2D eigenvalue weighted by molar-refractivity contribution is -0.150. The van der Waals surface area contributed by atoms with Crippen molar-refractivity contribution in [2.75, 3.05) is 13.7 Å². The van der Waals surface area contributed by atoms with Gasteiger partial charge in [-0.25, -0.2) is 0 Å². The average Bonchev–Trinajstić information content (AvgIpc) is 3.50. The largest absolute Gasteiger partial charge is 0.496 e. The molecule has 2 bridgehead atoms. The number of carboxylic acids is 1. The van der Waals surface area contributed by atoms with E-state index in [-0.39, 0.29) is 41.2 Å². The van der Waals surface area contributed by atoms with Crippen LogP contribution in [0.3, 0.4) is 0 Å². The van der Waals surface area contributed by atoms with Crippen molar-refractivity contribution >= 4 is 29.4 Å². The SMILES string of the molecule is COc1cc(Cl)c(OC2CCC(C)(C(=O)O)CC2)cc1C(=O)N[C@@H]1[C@@H]2CC[C@@H](C2)[C@@H]1C(=O)NCC1(C)CCC1. The van der Waals surface area contributed by atoms with Gasteiger partial charge in [-0.2, -0.15) is 0 Å². The minimum atomic E-state index is -0.785. The first kappa shape index (κ1) is 28.1. The summed E-state index contributed by atoms with van der Waals surface area (Å²) >= 11 is 6.50. The molecule has 0 spiro atoms. The van der Waals surface area contributed by atoms with Gasteiger partial charge in [-0.1, -0.05) is 24.9 Å². The summed E-state index contributed by atoms with van der Waals surface area (Å²) in [6.45, 7) is 4.69.